The Balaban J connectivity index is 1.50. The van der Waals surface area contributed by atoms with Gasteiger partial charge in [0.05, 0.1) is 19.1 Å². The van der Waals surface area contributed by atoms with Gasteiger partial charge in [-0.25, -0.2) is 5.43 Å². The Bertz CT molecular complexity index is 1310. The van der Waals surface area contributed by atoms with Gasteiger partial charge in [0, 0.05) is 26.3 Å². The number of hydrazone groups is 1. The third-order valence-corrected chi connectivity index (χ3v) is 6.34. The van der Waals surface area contributed by atoms with Crippen LogP contribution >= 0.6 is 39.3 Å². The normalized spacial score (nSPS) is 11.0. The van der Waals surface area contributed by atoms with Gasteiger partial charge < -0.3 is 4.74 Å². The van der Waals surface area contributed by atoms with Crippen LogP contribution in [0.5, 0.6) is 5.75 Å². The highest BCUT2D eigenvalue weighted by Gasteiger charge is 2.17. The average molecular weight is 557 g/mol. The van der Waals surface area contributed by atoms with Crippen molar-refractivity contribution in [2.24, 2.45) is 5.10 Å². The molecule has 34 heavy (non-hydrogen) atoms. The van der Waals surface area contributed by atoms with Crippen molar-refractivity contribution >= 4 is 51.4 Å². The highest BCUT2D eigenvalue weighted by Crippen LogP contribution is 2.28. The summed E-state index contributed by atoms with van der Waals surface area (Å²) < 4.78 is 8.09. The summed E-state index contributed by atoms with van der Waals surface area (Å²) in [7, 11) is 1.58. The van der Waals surface area contributed by atoms with E-state index in [9.17, 15) is 4.79 Å². The molecule has 1 heterocycles. The van der Waals surface area contributed by atoms with Crippen molar-refractivity contribution in [1.29, 1.82) is 0 Å². The number of carbonyl (C=O) groups excluding carboxylic acids is 1. The second-order valence-electron chi connectivity index (χ2n) is 6.95. The molecule has 0 spiro atoms. The predicted octanol–water partition coefficient (Wildman–Crippen LogP) is 5.60. The van der Waals surface area contributed by atoms with E-state index in [4.69, 9.17) is 16.3 Å². The van der Waals surface area contributed by atoms with Crippen LogP contribution in [0.1, 0.15) is 5.56 Å². The molecule has 0 unspecified atom stereocenters. The summed E-state index contributed by atoms with van der Waals surface area (Å²) in [6.45, 7) is 0. The Morgan fingerprint density at radius 2 is 1.91 bits per heavy atom. The van der Waals surface area contributed by atoms with Crippen molar-refractivity contribution in [1.82, 2.24) is 20.2 Å². The van der Waals surface area contributed by atoms with Gasteiger partial charge in [0.2, 0.25) is 0 Å². The molecule has 0 atom stereocenters. The molecule has 0 aliphatic carbocycles. The van der Waals surface area contributed by atoms with Crippen molar-refractivity contribution in [3.8, 4) is 22.8 Å². The maximum absolute atomic E-state index is 12.4. The van der Waals surface area contributed by atoms with Crippen LogP contribution in [0.2, 0.25) is 5.02 Å². The number of nitrogens with one attached hydrogen (secondary N) is 1. The molecule has 7 nitrogen and oxygen atoms in total. The molecular formula is C24H19BrClN5O2S. The summed E-state index contributed by atoms with van der Waals surface area (Å²) in [4.78, 5) is 12.4. The minimum Gasteiger partial charge on any atom is -0.496 e. The van der Waals surface area contributed by atoms with E-state index < -0.39 is 0 Å². The number of carbonyl (C=O) groups is 1. The number of methoxy groups -OCH3 is 1. The topological polar surface area (TPSA) is 81.4 Å². The van der Waals surface area contributed by atoms with Gasteiger partial charge in [0.15, 0.2) is 11.0 Å². The standard InChI is InChI=1S/C24H19BrClN5O2S/c1-33-21-12-7-18(25)13-17(21)14-27-28-22(32)15-34-24-30-29-23(16-5-3-2-4-6-16)31(24)20-10-8-19(26)9-11-20/h2-14H,15H2,1H3,(H,28,32). The number of rotatable bonds is 8. The zero-order chi connectivity index (χ0) is 23.9. The summed E-state index contributed by atoms with van der Waals surface area (Å²) in [5.41, 5.74) is 5.03. The number of halogens is 2. The fourth-order valence-electron chi connectivity index (χ4n) is 3.10. The van der Waals surface area contributed by atoms with Gasteiger partial charge >= 0.3 is 0 Å². The van der Waals surface area contributed by atoms with Crippen molar-refractivity contribution in [2.75, 3.05) is 12.9 Å². The highest BCUT2D eigenvalue weighted by atomic mass is 79.9. The first-order valence-corrected chi connectivity index (χ1v) is 12.3. The molecule has 1 N–H and O–H groups in total. The lowest BCUT2D eigenvalue weighted by atomic mass is 10.2. The average Bonchev–Trinajstić information content (AvgIpc) is 3.28. The lowest BCUT2D eigenvalue weighted by Gasteiger charge is -2.10. The van der Waals surface area contributed by atoms with Gasteiger partial charge in [-0.3, -0.25) is 9.36 Å². The molecule has 1 aromatic heterocycles. The molecule has 0 saturated heterocycles. The molecule has 172 valence electrons. The molecule has 1 amide bonds. The molecule has 10 heteroatoms. The SMILES string of the molecule is COc1ccc(Br)cc1C=NNC(=O)CSc1nnc(-c2ccccc2)n1-c1ccc(Cl)cc1. The van der Waals surface area contributed by atoms with E-state index in [0.717, 1.165) is 21.3 Å². The molecule has 3 aromatic carbocycles. The summed E-state index contributed by atoms with van der Waals surface area (Å²) in [5.74, 6) is 1.15. The molecular weight excluding hydrogens is 538 g/mol. The van der Waals surface area contributed by atoms with Crippen LogP contribution in [0.25, 0.3) is 17.1 Å². The van der Waals surface area contributed by atoms with E-state index in [2.05, 4.69) is 36.7 Å². The number of nitrogens with zero attached hydrogens (tertiary/aromatic N) is 4. The maximum atomic E-state index is 12.4. The first kappa shape index (κ1) is 24.0. The Labute approximate surface area is 214 Å². The summed E-state index contributed by atoms with van der Waals surface area (Å²) in [6, 6.07) is 22.7. The Hall–Kier alpha value is -3.14. The van der Waals surface area contributed by atoms with Crippen LogP contribution < -0.4 is 10.2 Å². The predicted molar refractivity (Wildman–Crippen MR) is 139 cm³/mol. The van der Waals surface area contributed by atoms with Gasteiger partial charge in [-0.05, 0) is 42.5 Å². The number of amides is 1. The van der Waals surface area contributed by atoms with Crippen LogP contribution in [0.15, 0.2) is 87.5 Å². The number of thioether (sulfide) groups is 1. The Morgan fingerprint density at radius 3 is 2.65 bits per heavy atom. The zero-order valence-electron chi connectivity index (χ0n) is 18.0. The quantitative estimate of drug-likeness (QED) is 0.174. The molecule has 0 aliphatic heterocycles. The lowest BCUT2D eigenvalue weighted by Crippen LogP contribution is -2.20. The largest absolute Gasteiger partial charge is 0.496 e. The molecule has 0 saturated carbocycles. The van der Waals surface area contributed by atoms with Gasteiger partial charge in [0.1, 0.15) is 5.75 Å². The van der Waals surface area contributed by atoms with Gasteiger partial charge in [-0.2, -0.15) is 5.10 Å². The van der Waals surface area contributed by atoms with E-state index in [1.165, 1.54) is 18.0 Å². The molecule has 0 fully saturated rings. The lowest BCUT2D eigenvalue weighted by molar-refractivity contribution is -0.118. The van der Waals surface area contributed by atoms with E-state index in [1.54, 1.807) is 19.2 Å². The monoisotopic (exact) mass is 555 g/mol. The zero-order valence-corrected chi connectivity index (χ0v) is 21.1. The van der Waals surface area contributed by atoms with E-state index in [0.29, 0.717) is 21.8 Å². The van der Waals surface area contributed by atoms with E-state index in [-0.39, 0.29) is 11.7 Å². The third kappa shape index (κ3) is 5.85. The number of hydrogen-bond donors (Lipinski definition) is 1. The molecule has 0 radical (unpaired) electrons. The van der Waals surface area contributed by atoms with Crippen molar-refractivity contribution in [3.63, 3.8) is 0 Å². The van der Waals surface area contributed by atoms with Crippen molar-refractivity contribution < 1.29 is 9.53 Å². The third-order valence-electron chi connectivity index (χ3n) is 4.67. The second kappa shape index (κ2) is 11.3. The summed E-state index contributed by atoms with van der Waals surface area (Å²) >= 11 is 10.7. The van der Waals surface area contributed by atoms with E-state index in [1.807, 2.05) is 65.2 Å². The summed E-state index contributed by atoms with van der Waals surface area (Å²) in [5, 5.41) is 14.0. The highest BCUT2D eigenvalue weighted by molar-refractivity contribution is 9.10. The first-order chi connectivity index (χ1) is 16.5. The summed E-state index contributed by atoms with van der Waals surface area (Å²) in [6.07, 6.45) is 1.54. The van der Waals surface area contributed by atoms with Crippen molar-refractivity contribution in [2.45, 2.75) is 5.16 Å². The van der Waals surface area contributed by atoms with Crippen LogP contribution in [-0.4, -0.2) is 39.7 Å². The Morgan fingerprint density at radius 1 is 1.15 bits per heavy atom. The fourth-order valence-corrected chi connectivity index (χ4v) is 4.35. The second-order valence-corrected chi connectivity index (χ2v) is 9.25. The van der Waals surface area contributed by atoms with Gasteiger partial charge in [-0.15, -0.1) is 10.2 Å². The number of hydrogen-bond acceptors (Lipinski definition) is 6. The van der Waals surface area contributed by atoms with Crippen LogP contribution in [0.3, 0.4) is 0 Å². The number of ether oxygens (including phenoxy) is 1. The molecule has 0 aliphatic rings. The first-order valence-electron chi connectivity index (χ1n) is 10.1. The molecule has 4 aromatic rings. The number of aromatic nitrogens is 3. The maximum Gasteiger partial charge on any atom is 0.250 e. The van der Waals surface area contributed by atoms with Gasteiger partial charge in [0.25, 0.3) is 5.91 Å². The van der Waals surface area contributed by atoms with E-state index >= 15 is 0 Å². The minimum absolute atomic E-state index is 0.105. The van der Waals surface area contributed by atoms with Crippen LogP contribution in [0.4, 0.5) is 0 Å². The molecule has 0 bridgehead atoms. The number of benzene rings is 3. The minimum atomic E-state index is -0.276. The molecule has 4 rings (SSSR count). The fraction of sp³-hybridized carbons (Fsp3) is 0.0833. The van der Waals surface area contributed by atoms with Crippen LogP contribution in [-0.2, 0) is 4.79 Å². The van der Waals surface area contributed by atoms with Gasteiger partial charge in [-0.1, -0.05) is 69.6 Å². The van der Waals surface area contributed by atoms with Crippen molar-refractivity contribution in [3.05, 3.63) is 87.9 Å². The smallest absolute Gasteiger partial charge is 0.250 e. The Kier molecular flexibility index (Phi) is 7.99. The van der Waals surface area contributed by atoms with Crippen LogP contribution in [0, 0.1) is 0 Å².